The smallest absolute Gasteiger partial charge is 0.220 e. The maximum Gasteiger partial charge on any atom is 0.220 e. The zero-order valence-electron chi connectivity index (χ0n) is 20.6. The van der Waals surface area contributed by atoms with Gasteiger partial charge in [-0.25, -0.2) is 0 Å². The average Bonchev–Trinajstić information content (AvgIpc) is 2.99. The van der Waals surface area contributed by atoms with Crippen molar-refractivity contribution >= 4 is 11.6 Å². The highest BCUT2D eigenvalue weighted by molar-refractivity contribution is 5.89. The minimum atomic E-state index is 0.0753. The van der Waals surface area contributed by atoms with Crippen LogP contribution < -0.4 is 5.32 Å². The Bertz CT molecular complexity index is 703. The Morgan fingerprint density at radius 1 is 1.06 bits per heavy atom. The summed E-state index contributed by atoms with van der Waals surface area (Å²) in [6, 6.07) is 0. The largest absolute Gasteiger partial charge is 0.411 e. The molecule has 1 amide bonds. The van der Waals surface area contributed by atoms with Crippen molar-refractivity contribution < 1.29 is 10.0 Å². The van der Waals surface area contributed by atoms with Crippen LogP contribution in [0.5, 0.6) is 0 Å². The Balaban J connectivity index is 1.55. The Kier molecular flexibility index (Phi) is 6.49. The number of nitrogens with one attached hydrogen (secondary N) is 1. The van der Waals surface area contributed by atoms with Crippen molar-refractivity contribution in [3.63, 3.8) is 0 Å². The summed E-state index contributed by atoms with van der Waals surface area (Å²) in [6.07, 6.45) is 11.9. The van der Waals surface area contributed by atoms with Gasteiger partial charge in [-0.2, -0.15) is 0 Å². The van der Waals surface area contributed by atoms with Crippen LogP contribution in [0.15, 0.2) is 5.16 Å². The van der Waals surface area contributed by atoms with Crippen molar-refractivity contribution in [2.45, 2.75) is 98.8 Å². The third-order valence-electron chi connectivity index (χ3n) is 10.7. The molecule has 3 saturated carbocycles. The predicted octanol–water partition coefficient (Wildman–Crippen LogP) is 6.27. The highest BCUT2D eigenvalue weighted by atomic mass is 16.4. The minimum absolute atomic E-state index is 0.0753. The molecule has 0 aromatic carbocycles. The summed E-state index contributed by atoms with van der Waals surface area (Å²) >= 11 is 0. The summed E-state index contributed by atoms with van der Waals surface area (Å²) in [5, 5.41) is 16.9. The molecule has 1 aliphatic heterocycles. The highest BCUT2D eigenvalue weighted by Gasteiger charge is 2.61. The number of nitrogens with zero attached hydrogens (tertiary/aromatic N) is 1. The molecule has 31 heavy (non-hydrogen) atoms. The van der Waals surface area contributed by atoms with Gasteiger partial charge in [-0.15, -0.1) is 0 Å². The zero-order chi connectivity index (χ0) is 22.4. The van der Waals surface area contributed by atoms with Gasteiger partial charge in [-0.3, -0.25) is 4.79 Å². The molecule has 0 aromatic rings. The fourth-order valence-corrected chi connectivity index (χ4v) is 8.95. The van der Waals surface area contributed by atoms with Gasteiger partial charge in [-0.05, 0) is 84.9 Å². The van der Waals surface area contributed by atoms with E-state index < -0.39 is 0 Å². The number of oxime groups is 1. The second-order valence-electron chi connectivity index (χ2n) is 12.6. The molecular formula is C27H46N2O2. The lowest BCUT2D eigenvalue weighted by Crippen LogP contribution is -2.56. The highest BCUT2D eigenvalue weighted by Crippen LogP contribution is 2.67. The average molecular weight is 431 g/mol. The van der Waals surface area contributed by atoms with E-state index in [0.717, 1.165) is 42.2 Å². The Labute approximate surface area is 190 Å². The number of carbonyl (C=O) groups excluding carboxylic acids is 1. The summed E-state index contributed by atoms with van der Waals surface area (Å²) in [7, 11) is 0. The van der Waals surface area contributed by atoms with Gasteiger partial charge in [0.05, 0.1) is 5.71 Å². The van der Waals surface area contributed by atoms with Gasteiger partial charge in [0.2, 0.25) is 5.91 Å². The van der Waals surface area contributed by atoms with E-state index in [0.29, 0.717) is 30.2 Å². The van der Waals surface area contributed by atoms with Crippen LogP contribution in [0.25, 0.3) is 0 Å². The first-order valence-electron chi connectivity index (χ1n) is 13.2. The van der Waals surface area contributed by atoms with Gasteiger partial charge in [0.15, 0.2) is 0 Å². The van der Waals surface area contributed by atoms with Crippen molar-refractivity contribution in [1.82, 2.24) is 5.32 Å². The van der Waals surface area contributed by atoms with Gasteiger partial charge >= 0.3 is 0 Å². The molecular weight excluding hydrogens is 384 g/mol. The molecule has 4 nitrogen and oxygen atoms in total. The number of carbonyl (C=O) groups is 1. The SMILES string of the molecule is CC(C)CCC[C@@H](C)[C@H]1CC[C@H]2[C@@H]3C/C(=N/O)C4CNC(=O)CC[C@]4(C)[C@H]3CC[C@]12C. The molecule has 0 aromatic heterocycles. The van der Waals surface area contributed by atoms with Gasteiger partial charge in [0.25, 0.3) is 0 Å². The normalized spacial score (nSPS) is 44.9. The molecule has 4 heteroatoms. The Morgan fingerprint density at radius 2 is 1.81 bits per heavy atom. The van der Waals surface area contributed by atoms with E-state index in [4.69, 9.17) is 0 Å². The van der Waals surface area contributed by atoms with E-state index >= 15 is 0 Å². The van der Waals surface area contributed by atoms with Crippen LogP contribution >= 0.6 is 0 Å². The van der Waals surface area contributed by atoms with Gasteiger partial charge < -0.3 is 10.5 Å². The molecule has 1 heterocycles. The molecule has 3 aliphatic carbocycles. The maximum absolute atomic E-state index is 12.2. The van der Waals surface area contributed by atoms with Crippen LogP contribution in [0, 0.1) is 52.3 Å². The van der Waals surface area contributed by atoms with Crippen molar-refractivity contribution in [2.75, 3.05) is 6.54 Å². The van der Waals surface area contributed by atoms with Crippen LogP contribution in [0.4, 0.5) is 0 Å². The molecule has 4 aliphatic rings. The van der Waals surface area contributed by atoms with Gasteiger partial charge in [0, 0.05) is 18.9 Å². The Morgan fingerprint density at radius 3 is 2.52 bits per heavy atom. The first-order chi connectivity index (χ1) is 14.7. The molecule has 4 fully saturated rings. The van der Waals surface area contributed by atoms with Crippen molar-refractivity contribution in [1.29, 1.82) is 0 Å². The van der Waals surface area contributed by atoms with Crippen LogP contribution in [0.2, 0.25) is 0 Å². The number of amides is 1. The minimum Gasteiger partial charge on any atom is -0.411 e. The van der Waals surface area contributed by atoms with E-state index in [9.17, 15) is 10.0 Å². The monoisotopic (exact) mass is 430 g/mol. The lowest BCUT2D eigenvalue weighted by atomic mass is 9.45. The lowest BCUT2D eigenvalue weighted by Gasteiger charge is -2.59. The van der Waals surface area contributed by atoms with E-state index in [1.807, 2.05) is 0 Å². The molecule has 0 bridgehead atoms. The van der Waals surface area contributed by atoms with Crippen LogP contribution in [0.3, 0.4) is 0 Å². The van der Waals surface area contributed by atoms with Gasteiger partial charge in [-0.1, -0.05) is 59.0 Å². The molecule has 176 valence electrons. The van der Waals surface area contributed by atoms with E-state index in [1.165, 1.54) is 44.9 Å². The molecule has 2 N–H and O–H groups in total. The molecule has 1 saturated heterocycles. The quantitative estimate of drug-likeness (QED) is 0.398. The zero-order valence-corrected chi connectivity index (χ0v) is 20.6. The molecule has 0 spiro atoms. The lowest BCUT2D eigenvalue weighted by molar-refractivity contribution is -0.121. The van der Waals surface area contributed by atoms with E-state index in [1.54, 1.807) is 0 Å². The first-order valence-corrected chi connectivity index (χ1v) is 13.2. The van der Waals surface area contributed by atoms with Crippen molar-refractivity contribution in [3.05, 3.63) is 0 Å². The second kappa shape index (κ2) is 8.71. The standard InChI is InChI=1S/C27H46N2O2/c1-17(2)7-6-8-18(3)20-9-10-21-19-15-24(29-31)23-16-28-25(30)12-14-27(23,5)22(19)11-13-26(20,21)4/h17-23,31H,6-16H2,1-5H3,(H,28,30)/b29-24-/t18-,19+,20-,21+,22+,23?,26-,27-/m1/s1. The van der Waals surface area contributed by atoms with Crippen LogP contribution in [0.1, 0.15) is 98.8 Å². The van der Waals surface area contributed by atoms with Crippen LogP contribution in [-0.2, 0) is 4.79 Å². The summed E-state index contributed by atoms with van der Waals surface area (Å²) < 4.78 is 0. The fraction of sp³-hybridized carbons (Fsp3) is 0.926. The van der Waals surface area contributed by atoms with Gasteiger partial charge in [0.1, 0.15) is 0 Å². The van der Waals surface area contributed by atoms with E-state index in [2.05, 4.69) is 45.1 Å². The Hall–Kier alpha value is -1.06. The van der Waals surface area contributed by atoms with E-state index in [-0.39, 0.29) is 17.2 Å². The fourth-order valence-electron chi connectivity index (χ4n) is 8.95. The third-order valence-corrected chi connectivity index (χ3v) is 10.7. The molecule has 4 rings (SSSR count). The number of rotatable bonds is 5. The topological polar surface area (TPSA) is 61.7 Å². The maximum atomic E-state index is 12.2. The molecule has 0 radical (unpaired) electrons. The van der Waals surface area contributed by atoms with Crippen molar-refractivity contribution in [3.8, 4) is 0 Å². The summed E-state index contributed by atoms with van der Waals surface area (Å²) in [5.74, 6) is 4.83. The molecule has 1 unspecified atom stereocenters. The van der Waals surface area contributed by atoms with Crippen LogP contribution in [-0.4, -0.2) is 23.4 Å². The summed E-state index contributed by atoms with van der Waals surface area (Å²) in [5.41, 5.74) is 1.47. The first kappa shape index (κ1) is 23.1. The summed E-state index contributed by atoms with van der Waals surface area (Å²) in [6.45, 7) is 12.9. The third kappa shape index (κ3) is 3.95. The second-order valence-corrected chi connectivity index (χ2v) is 12.6. The molecule has 8 atom stereocenters. The predicted molar refractivity (Wildman–Crippen MR) is 126 cm³/mol. The number of hydrogen-bond acceptors (Lipinski definition) is 3. The number of fused-ring (bicyclic) bond motifs is 5. The summed E-state index contributed by atoms with van der Waals surface area (Å²) in [4.78, 5) is 12.2. The number of hydrogen-bond donors (Lipinski definition) is 2. The van der Waals surface area contributed by atoms with Crippen molar-refractivity contribution in [2.24, 2.45) is 57.4 Å².